The van der Waals surface area contributed by atoms with Crippen molar-refractivity contribution in [3.63, 3.8) is 0 Å². The number of fused-ring (bicyclic) bond motifs is 1. The summed E-state index contributed by atoms with van der Waals surface area (Å²) >= 11 is 2.06. The molecule has 0 bridgehead atoms. The molecule has 0 radical (unpaired) electrons. The molecule has 0 saturated carbocycles. The van der Waals surface area contributed by atoms with Crippen LogP contribution in [0.15, 0.2) is 41.2 Å². The normalized spacial score (nSPS) is 10.8. The van der Waals surface area contributed by atoms with Crippen LogP contribution in [0.3, 0.4) is 0 Å². The van der Waals surface area contributed by atoms with Crippen molar-refractivity contribution in [2.24, 2.45) is 0 Å². The van der Waals surface area contributed by atoms with Crippen LogP contribution in [0.1, 0.15) is 0 Å². The average molecular weight is 398 g/mol. The van der Waals surface area contributed by atoms with Gasteiger partial charge in [0.25, 0.3) is 0 Å². The van der Waals surface area contributed by atoms with Gasteiger partial charge in [0.05, 0.1) is 0 Å². The van der Waals surface area contributed by atoms with Crippen molar-refractivity contribution in [2.45, 2.75) is 0 Å². The van der Waals surface area contributed by atoms with Crippen molar-refractivity contribution < 1.29 is 17.5 Å². The van der Waals surface area contributed by atoms with Crippen LogP contribution in [-0.4, -0.2) is 2.78 Å². The first-order valence-corrected chi connectivity index (χ1v) is 11.0. The summed E-state index contributed by atoms with van der Waals surface area (Å²) in [4.78, 5) is 11.4. The number of aromatic nitrogens is 1. The quantitative estimate of drug-likeness (QED) is 0.578. The Labute approximate surface area is 95.7 Å². The SMILES string of the molecule is O=c1ccc2ccccc2n1[I-]I. The molecule has 2 aromatic rings. The Morgan fingerprint density at radius 3 is 2.69 bits per heavy atom. The molecule has 0 saturated heterocycles. The molecule has 2 nitrogen and oxygen atoms in total. The first-order chi connectivity index (χ1) is 6.33. The van der Waals surface area contributed by atoms with Gasteiger partial charge in [0.1, 0.15) is 0 Å². The molecule has 0 aliphatic rings. The molecule has 0 unspecified atom stereocenters. The molecule has 1 aromatic carbocycles. The zero-order valence-electron chi connectivity index (χ0n) is 6.58. The van der Waals surface area contributed by atoms with Crippen LogP contribution >= 0.6 is 18.6 Å². The fourth-order valence-electron chi connectivity index (χ4n) is 1.22. The minimum atomic E-state index is -0.240. The predicted molar refractivity (Wildman–Crippen MR) is 57.6 cm³/mol. The predicted octanol–water partition coefficient (Wildman–Crippen LogP) is -0.796. The molecule has 2 rings (SSSR count). The van der Waals surface area contributed by atoms with Gasteiger partial charge in [-0.3, -0.25) is 0 Å². The van der Waals surface area contributed by atoms with Crippen molar-refractivity contribution in [2.75, 3.05) is 0 Å². The second-order valence-corrected chi connectivity index (χ2v) is 6.35. The standard InChI is InChI=1S/C9H6I2NO/c10-11-12-8-4-2-1-3-7(8)5-6-9(12)13/h1-6H/q-1. The summed E-state index contributed by atoms with van der Waals surface area (Å²) in [6, 6.07) is 11.5. The molecule has 0 N–H and O–H groups in total. The summed E-state index contributed by atoms with van der Waals surface area (Å²) in [5, 5.41) is 1.14. The molecule has 0 spiro atoms. The number of pyridine rings is 1. The van der Waals surface area contributed by atoms with E-state index >= 15 is 0 Å². The summed E-state index contributed by atoms with van der Waals surface area (Å²) in [7, 11) is 0. The maximum atomic E-state index is 11.4. The van der Waals surface area contributed by atoms with Crippen LogP contribution < -0.4 is 23.1 Å². The summed E-state index contributed by atoms with van der Waals surface area (Å²) in [5.41, 5.74) is 1.16. The molecule has 4 heteroatoms. The molecule has 13 heavy (non-hydrogen) atoms. The Kier molecular flexibility index (Phi) is 2.87. The van der Waals surface area contributed by atoms with Crippen LogP contribution in [0.25, 0.3) is 10.9 Å². The second-order valence-electron chi connectivity index (χ2n) is 2.58. The van der Waals surface area contributed by atoms with Crippen molar-refractivity contribution in [3.05, 3.63) is 46.8 Å². The van der Waals surface area contributed by atoms with E-state index in [4.69, 9.17) is 0 Å². The molecular weight excluding hydrogens is 392 g/mol. The van der Waals surface area contributed by atoms with Gasteiger partial charge >= 0.3 is 96.6 Å². The molecule has 0 fully saturated rings. The van der Waals surface area contributed by atoms with Crippen molar-refractivity contribution in [1.82, 2.24) is 2.78 Å². The van der Waals surface area contributed by atoms with Crippen LogP contribution in [-0.2, 0) is 0 Å². The van der Waals surface area contributed by atoms with Crippen LogP contribution in [0.5, 0.6) is 0 Å². The molecular formula is C9H6I2NO-. The fraction of sp³-hybridized carbons (Fsp3) is 0. The number of nitrogens with zero attached hydrogens (tertiary/aromatic N) is 1. The van der Waals surface area contributed by atoms with Crippen molar-refractivity contribution in [3.8, 4) is 0 Å². The third kappa shape index (κ3) is 1.74. The number of hydrogen-bond donors (Lipinski definition) is 0. The van der Waals surface area contributed by atoms with Crippen LogP contribution in [0.2, 0.25) is 0 Å². The molecule has 0 atom stereocenters. The van der Waals surface area contributed by atoms with Gasteiger partial charge in [-0.25, -0.2) is 0 Å². The van der Waals surface area contributed by atoms with E-state index < -0.39 is 0 Å². The Morgan fingerprint density at radius 2 is 1.92 bits per heavy atom. The van der Waals surface area contributed by atoms with Gasteiger partial charge in [-0.05, 0) is 0 Å². The van der Waals surface area contributed by atoms with E-state index in [-0.39, 0.29) is 23.1 Å². The summed E-state index contributed by atoms with van der Waals surface area (Å²) in [6.07, 6.45) is 0. The Bertz CT molecular complexity index is 492. The van der Waals surface area contributed by atoms with Gasteiger partial charge in [-0.2, -0.15) is 0 Å². The van der Waals surface area contributed by atoms with E-state index in [9.17, 15) is 4.79 Å². The summed E-state index contributed by atoms with van der Waals surface area (Å²) in [6.45, 7) is 0. The third-order valence-electron chi connectivity index (χ3n) is 1.81. The van der Waals surface area contributed by atoms with E-state index in [0.717, 1.165) is 10.9 Å². The van der Waals surface area contributed by atoms with E-state index in [1.54, 1.807) is 6.07 Å². The fourth-order valence-corrected chi connectivity index (χ4v) is 4.72. The Balaban J connectivity index is 2.92. The van der Waals surface area contributed by atoms with Gasteiger partial charge < -0.3 is 0 Å². The number of para-hydroxylation sites is 1. The van der Waals surface area contributed by atoms with Gasteiger partial charge in [-0.15, -0.1) is 0 Å². The van der Waals surface area contributed by atoms with Gasteiger partial charge in [0.15, 0.2) is 0 Å². The third-order valence-corrected chi connectivity index (χ3v) is 5.62. The molecule has 68 valence electrons. The van der Waals surface area contributed by atoms with Crippen molar-refractivity contribution in [1.29, 1.82) is 0 Å². The Morgan fingerprint density at radius 1 is 1.15 bits per heavy atom. The zero-order chi connectivity index (χ0) is 9.26. The second kappa shape index (κ2) is 3.95. The first-order valence-electron chi connectivity index (χ1n) is 3.70. The first kappa shape index (κ1) is 9.45. The minimum absolute atomic E-state index is 0.112. The van der Waals surface area contributed by atoms with Gasteiger partial charge in [0, 0.05) is 0 Å². The Hall–Kier alpha value is -0.110. The zero-order valence-corrected chi connectivity index (χ0v) is 10.9. The van der Waals surface area contributed by atoms with Gasteiger partial charge in [0.2, 0.25) is 0 Å². The molecule has 1 heterocycles. The average Bonchev–Trinajstić information content (AvgIpc) is 2.18. The topological polar surface area (TPSA) is 22.0 Å². The molecule has 0 aliphatic heterocycles. The van der Waals surface area contributed by atoms with E-state index in [2.05, 4.69) is 18.6 Å². The van der Waals surface area contributed by atoms with E-state index in [1.807, 2.05) is 33.1 Å². The van der Waals surface area contributed by atoms with E-state index in [1.165, 1.54) is 0 Å². The number of halogens is 2. The monoisotopic (exact) mass is 398 g/mol. The van der Waals surface area contributed by atoms with Crippen LogP contribution in [0, 0.1) is 0 Å². The number of benzene rings is 1. The van der Waals surface area contributed by atoms with E-state index in [0.29, 0.717) is 0 Å². The molecule has 0 amide bonds. The molecule has 1 aromatic heterocycles. The van der Waals surface area contributed by atoms with Gasteiger partial charge in [-0.1, -0.05) is 0 Å². The number of hydrogen-bond acceptors (Lipinski definition) is 1. The maximum absolute atomic E-state index is 11.4. The van der Waals surface area contributed by atoms with Crippen molar-refractivity contribution >= 4 is 29.5 Å². The summed E-state index contributed by atoms with van der Waals surface area (Å²) in [5.74, 6) is 0. The van der Waals surface area contributed by atoms with Crippen LogP contribution in [0.4, 0.5) is 0 Å². The number of rotatable bonds is 1. The molecule has 0 aliphatic carbocycles. The summed E-state index contributed by atoms with van der Waals surface area (Å²) < 4.78 is 1.87.